The quantitative estimate of drug-likeness (QED) is 0.560. The van der Waals surface area contributed by atoms with Crippen molar-refractivity contribution in [2.24, 2.45) is 35.0 Å². The third kappa shape index (κ3) is 2.43. The van der Waals surface area contributed by atoms with Crippen LogP contribution >= 0.6 is 0 Å². The molecule has 0 aromatic carbocycles. The Morgan fingerprint density at radius 1 is 1.09 bits per heavy atom. The molecule has 1 heterocycles. The molecule has 0 radical (unpaired) electrons. The van der Waals surface area contributed by atoms with Gasteiger partial charge < -0.3 is 4.74 Å². The largest absolute Gasteiger partial charge is 0.501 e. The highest BCUT2D eigenvalue weighted by molar-refractivity contribution is 5.16. The molecular weight excluding hydrogens is 268 g/mol. The average molecular weight is 305 g/mol. The van der Waals surface area contributed by atoms with Crippen molar-refractivity contribution in [1.29, 1.82) is 0 Å². The molecule has 1 heteroatoms. The minimum atomic E-state index is 0.683. The molecule has 1 aliphatic heterocycles. The van der Waals surface area contributed by atoms with Crippen molar-refractivity contribution < 1.29 is 4.74 Å². The van der Waals surface area contributed by atoms with E-state index in [4.69, 9.17) is 4.74 Å². The first-order chi connectivity index (χ1) is 10.7. The molecule has 6 atom stereocenters. The maximum absolute atomic E-state index is 5.60. The summed E-state index contributed by atoms with van der Waals surface area (Å²) >= 11 is 0. The number of hydrogen-bond donors (Lipinski definition) is 0. The monoisotopic (exact) mass is 304 g/mol. The van der Waals surface area contributed by atoms with Gasteiger partial charge in [-0.15, -0.1) is 0 Å². The van der Waals surface area contributed by atoms with Crippen LogP contribution in [0.4, 0.5) is 0 Å². The fourth-order valence-corrected chi connectivity index (χ4v) is 6.71. The lowest BCUT2D eigenvalue weighted by Gasteiger charge is -2.54. The predicted octanol–water partition coefficient (Wildman–Crippen LogP) is 6.20. The van der Waals surface area contributed by atoms with Crippen LogP contribution in [0.5, 0.6) is 0 Å². The maximum Gasteiger partial charge on any atom is 0.0879 e. The van der Waals surface area contributed by atoms with Crippen molar-refractivity contribution in [3.63, 3.8) is 0 Å². The summed E-state index contributed by atoms with van der Waals surface area (Å²) in [5, 5.41) is 0. The minimum absolute atomic E-state index is 0.683. The summed E-state index contributed by atoms with van der Waals surface area (Å²) in [6.45, 7) is 10.0. The molecule has 4 aliphatic rings. The van der Waals surface area contributed by atoms with E-state index in [0.717, 1.165) is 36.2 Å². The molecule has 4 rings (SSSR count). The van der Waals surface area contributed by atoms with Gasteiger partial charge in [-0.05, 0) is 85.5 Å². The molecule has 0 amide bonds. The normalized spacial score (nSPS) is 46.2. The molecule has 1 nitrogen and oxygen atoms in total. The molecule has 126 valence electrons. The Bertz CT molecular complexity index is 412. The lowest BCUT2D eigenvalue weighted by Crippen LogP contribution is -2.46. The van der Waals surface area contributed by atoms with E-state index >= 15 is 0 Å². The fourth-order valence-electron chi connectivity index (χ4n) is 6.71. The zero-order valence-electron chi connectivity index (χ0n) is 15.2. The second-order valence-corrected chi connectivity index (χ2v) is 8.16. The minimum Gasteiger partial charge on any atom is -0.501 e. The highest BCUT2D eigenvalue weighted by Crippen LogP contribution is 2.63. The average Bonchev–Trinajstić information content (AvgIpc) is 2.93. The molecule has 3 saturated carbocycles. The van der Waals surface area contributed by atoms with Gasteiger partial charge in [-0.25, -0.2) is 0 Å². The second kappa shape index (κ2) is 6.57. The van der Waals surface area contributed by atoms with Gasteiger partial charge in [0, 0.05) is 0 Å². The van der Waals surface area contributed by atoms with Gasteiger partial charge in [0.05, 0.1) is 12.9 Å². The number of ether oxygens (including phenoxy) is 1. The van der Waals surface area contributed by atoms with Crippen molar-refractivity contribution in [3.05, 3.63) is 11.8 Å². The Balaban J connectivity index is 0.000000693. The summed E-state index contributed by atoms with van der Waals surface area (Å²) < 4.78 is 5.60. The predicted molar refractivity (Wildman–Crippen MR) is 93.6 cm³/mol. The Kier molecular flexibility index (Phi) is 4.90. The van der Waals surface area contributed by atoms with E-state index in [1.165, 1.54) is 51.4 Å². The highest BCUT2D eigenvalue weighted by Gasteiger charge is 2.55. The van der Waals surface area contributed by atoms with Crippen LogP contribution in [0.1, 0.15) is 79.1 Å². The van der Waals surface area contributed by atoms with Gasteiger partial charge in [0.25, 0.3) is 0 Å². The number of hydrogen-bond acceptors (Lipinski definition) is 1. The zero-order valence-corrected chi connectivity index (χ0v) is 15.2. The SMILES string of the molecule is CC.CCC1CCC2C3CCC4=COCCC4C3CCC12C. The highest BCUT2D eigenvalue weighted by atomic mass is 16.5. The van der Waals surface area contributed by atoms with Crippen molar-refractivity contribution in [3.8, 4) is 0 Å². The lowest BCUT2D eigenvalue weighted by atomic mass is 9.51. The van der Waals surface area contributed by atoms with Crippen molar-refractivity contribution >= 4 is 0 Å². The van der Waals surface area contributed by atoms with E-state index < -0.39 is 0 Å². The van der Waals surface area contributed by atoms with Crippen molar-refractivity contribution in [1.82, 2.24) is 0 Å². The van der Waals surface area contributed by atoms with Crippen molar-refractivity contribution in [2.45, 2.75) is 79.1 Å². The lowest BCUT2D eigenvalue weighted by molar-refractivity contribution is -0.0286. The van der Waals surface area contributed by atoms with Crippen LogP contribution in [0.25, 0.3) is 0 Å². The fraction of sp³-hybridized carbons (Fsp3) is 0.905. The van der Waals surface area contributed by atoms with E-state index in [1.807, 2.05) is 13.8 Å². The van der Waals surface area contributed by atoms with E-state index in [0.29, 0.717) is 5.41 Å². The molecule has 0 saturated heterocycles. The Hall–Kier alpha value is -0.460. The molecule has 6 unspecified atom stereocenters. The van der Waals surface area contributed by atoms with E-state index in [-0.39, 0.29) is 0 Å². The second-order valence-electron chi connectivity index (χ2n) is 8.16. The summed E-state index contributed by atoms with van der Waals surface area (Å²) in [4.78, 5) is 0. The van der Waals surface area contributed by atoms with Gasteiger partial charge in [0.1, 0.15) is 0 Å². The van der Waals surface area contributed by atoms with Gasteiger partial charge in [-0.3, -0.25) is 0 Å². The van der Waals surface area contributed by atoms with Crippen LogP contribution in [-0.2, 0) is 4.74 Å². The smallest absolute Gasteiger partial charge is 0.0879 e. The Morgan fingerprint density at radius 3 is 2.68 bits per heavy atom. The summed E-state index contributed by atoms with van der Waals surface area (Å²) in [7, 11) is 0. The number of fused-ring (bicyclic) bond motifs is 5. The molecule has 3 aliphatic carbocycles. The van der Waals surface area contributed by atoms with Gasteiger partial charge in [-0.1, -0.05) is 34.1 Å². The van der Waals surface area contributed by atoms with Crippen molar-refractivity contribution in [2.75, 3.05) is 6.61 Å². The van der Waals surface area contributed by atoms with Crippen LogP contribution in [0, 0.1) is 35.0 Å². The third-order valence-corrected chi connectivity index (χ3v) is 7.72. The first-order valence-electron chi connectivity index (χ1n) is 10.0. The molecule has 0 spiro atoms. The van der Waals surface area contributed by atoms with Crippen LogP contribution < -0.4 is 0 Å². The van der Waals surface area contributed by atoms with E-state index in [1.54, 1.807) is 5.57 Å². The first-order valence-corrected chi connectivity index (χ1v) is 10.0. The molecule has 0 bridgehead atoms. The summed E-state index contributed by atoms with van der Waals surface area (Å²) in [5.41, 5.74) is 2.34. The third-order valence-electron chi connectivity index (χ3n) is 7.72. The van der Waals surface area contributed by atoms with Crippen LogP contribution in [0.3, 0.4) is 0 Å². The van der Waals surface area contributed by atoms with Crippen LogP contribution in [-0.4, -0.2) is 6.61 Å². The summed E-state index contributed by atoms with van der Waals surface area (Å²) in [5.74, 6) is 4.96. The first kappa shape index (κ1) is 16.4. The van der Waals surface area contributed by atoms with Crippen LogP contribution in [0.2, 0.25) is 0 Å². The van der Waals surface area contributed by atoms with Gasteiger partial charge in [0.15, 0.2) is 0 Å². The number of rotatable bonds is 1. The van der Waals surface area contributed by atoms with Gasteiger partial charge in [-0.2, -0.15) is 0 Å². The van der Waals surface area contributed by atoms with E-state index in [2.05, 4.69) is 20.1 Å². The zero-order chi connectivity index (χ0) is 15.7. The molecule has 0 N–H and O–H groups in total. The summed E-state index contributed by atoms with van der Waals surface area (Å²) in [6.07, 6.45) is 13.7. The van der Waals surface area contributed by atoms with E-state index in [9.17, 15) is 0 Å². The molecular formula is C21H36O. The molecule has 3 fully saturated rings. The Labute approximate surface area is 137 Å². The summed E-state index contributed by atoms with van der Waals surface area (Å²) in [6, 6.07) is 0. The topological polar surface area (TPSA) is 9.23 Å². The molecule has 0 aromatic rings. The van der Waals surface area contributed by atoms with Gasteiger partial charge in [0.2, 0.25) is 0 Å². The Morgan fingerprint density at radius 2 is 1.91 bits per heavy atom. The van der Waals surface area contributed by atoms with Crippen LogP contribution in [0.15, 0.2) is 11.8 Å². The number of allylic oxidation sites excluding steroid dienone is 1. The maximum atomic E-state index is 5.60. The molecule has 0 aromatic heterocycles. The standard InChI is InChI=1S/C19H30O.C2H6/c1-3-14-5-7-18-17-6-4-13-12-20-11-9-15(13)16(17)8-10-19(14,18)2;1-2/h12,14-18H,3-11H2,1-2H3;1-2H3. The molecule has 22 heavy (non-hydrogen) atoms. The van der Waals surface area contributed by atoms with Gasteiger partial charge >= 0.3 is 0 Å².